The molecule has 2 heterocycles. The third kappa shape index (κ3) is 3.53. The van der Waals surface area contributed by atoms with E-state index in [-0.39, 0.29) is 24.3 Å². The van der Waals surface area contributed by atoms with Crippen LogP contribution in [0.2, 0.25) is 0 Å². The number of carbonyl (C=O) groups excluding carboxylic acids is 1. The third-order valence-electron chi connectivity index (χ3n) is 5.02. The highest BCUT2D eigenvalue weighted by Crippen LogP contribution is 2.26. The molecule has 148 valence electrons. The number of rotatable bonds is 5. The van der Waals surface area contributed by atoms with E-state index in [0.29, 0.717) is 11.3 Å². The van der Waals surface area contributed by atoms with Gasteiger partial charge in [-0.25, -0.2) is 4.39 Å². The summed E-state index contributed by atoms with van der Waals surface area (Å²) in [7, 11) is 1.82. The van der Waals surface area contributed by atoms with Crippen LogP contribution in [-0.4, -0.2) is 26.3 Å². The molecule has 4 rings (SSSR count). The Morgan fingerprint density at radius 1 is 1.14 bits per heavy atom. The molecular weight excluding hydrogens is 367 g/mol. The highest BCUT2D eigenvalue weighted by molar-refractivity contribution is 6.08. The van der Waals surface area contributed by atoms with Crippen LogP contribution in [0, 0.1) is 5.82 Å². The molecule has 0 unspecified atom stereocenters. The first-order chi connectivity index (χ1) is 14.0. The van der Waals surface area contributed by atoms with Gasteiger partial charge in [-0.15, -0.1) is 0 Å². The summed E-state index contributed by atoms with van der Waals surface area (Å²) in [6, 6.07) is 16.3. The molecule has 2 aromatic carbocycles. The number of aromatic nitrogens is 3. The number of amides is 1. The van der Waals surface area contributed by atoms with Crippen molar-refractivity contribution in [2.75, 3.05) is 4.90 Å². The van der Waals surface area contributed by atoms with Crippen LogP contribution in [0.4, 0.5) is 10.1 Å². The summed E-state index contributed by atoms with van der Waals surface area (Å²) in [4.78, 5) is 15.4. The highest BCUT2D eigenvalue weighted by atomic mass is 19.1. The van der Waals surface area contributed by atoms with Crippen LogP contribution >= 0.6 is 0 Å². The lowest BCUT2D eigenvalue weighted by Gasteiger charge is -2.26. The van der Waals surface area contributed by atoms with E-state index in [1.807, 2.05) is 68.1 Å². The van der Waals surface area contributed by atoms with Gasteiger partial charge < -0.3 is 9.47 Å². The molecule has 0 fully saturated rings. The summed E-state index contributed by atoms with van der Waals surface area (Å²) >= 11 is 0. The maximum atomic E-state index is 14.3. The summed E-state index contributed by atoms with van der Waals surface area (Å²) in [5.74, 6) is -0.419. The second kappa shape index (κ2) is 7.54. The van der Waals surface area contributed by atoms with E-state index in [2.05, 4.69) is 5.10 Å². The van der Waals surface area contributed by atoms with Crippen molar-refractivity contribution in [2.24, 2.45) is 7.05 Å². The van der Waals surface area contributed by atoms with Gasteiger partial charge in [-0.3, -0.25) is 9.48 Å². The van der Waals surface area contributed by atoms with Crippen molar-refractivity contribution in [1.29, 1.82) is 0 Å². The van der Waals surface area contributed by atoms with Crippen molar-refractivity contribution in [3.63, 3.8) is 0 Å². The smallest absolute Gasteiger partial charge is 0.275 e. The van der Waals surface area contributed by atoms with Crippen LogP contribution in [0.15, 0.2) is 67.0 Å². The lowest BCUT2D eigenvalue weighted by Crippen LogP contribution is -2.38. The van der Waals surface area contributed by atoms with Gasteiger partial charge in [0.25, 0.3) is 5.91 Å². The largest absolute Gasteiger partial charge is 0.332 e. The SMILES string of the molecule is CC(C)N(C(=O)c1cc2ccccc2n1Cc1ccccc1F)c1cnn(C)c1. The van der Waals surface area contributed by atoms with Crippen molar-refractivity contribution in [3.05, 3.63) is 84.1 Å². The van der Waals surface area contributed by atoms with Crippen molar-refractivity contribution in [3.8, 4) is 0 Å². The van der Waals surface area contributed by atoms with E-state index in [0.717, 1.165) is 16.6 Å². The summed E-state index contributed by atoms with van der Waals surface area (Å²) in [5.41, 5.74) is 2.69. The van der Waals surface area contributed by atoms with Gasteiger partial charge in [-0.05, 0) is 32.0 Å². The fourth-order valence-corrected chi connectivity index (χ4v) is 3.66. The van der Waals surface area contributed by atoms with Crippen molar-refractivity contribution in [2.45, 2.75) is 26.4 Å². The average molecular weight is 390 g/mol. The van der Waals surface area contributed by atoms with E-state index in [1.165, 1.54) is 6.07 Å². The first kappa shape index (κ1) is 18.9. The van der Waals surface area contributed by atoms with Crippen molar-refractivity contribution < 1.29 is 9.18 Å². The number of para-hydroxylation sites is 1. The summed E-state index contributed by atoms with van der Waals surface area (Å²) < 4.78 is 17.9. The highest BCUT2D eigenvalue weighted by Gasteiger charge is 2.26. The fourth-order valence-electron chi connectivity index (χ4n) is 3.66. The number of aryl methyl sites for hydroxylation is 1. The summed E-state index contributed by atoms with van der Waals surface area (Å²) in [6.07, 6.45) is 3.50. The van der Waals surface area contributed by atoms with Gasteiger partial charge in [-0.2, -0.15) is 5.10 Å². The predicted octanol–water partition coefficient (Wildman–Crippen LogP) is 4.62. The molecule has 0 spiro atoms. The van der Waals surface area contributed by atoms with Crippen LogP contribution in [0.5, 0.6) is 0 Å². The topological polar surface area (TPSA) is 43.1 Å². The zero-order chi connectivity index (χ0) is 20.5. The van der Waals surface area contributed by atoms with Gasteiger partial charge in [0.15, 0.2) is 0 Å². The van der Waals surface area contributed by atoms with Crippen LogP contribution < -0.4 is 4.90 Å². The molecule has 0 atom stereocenters. The number of halogens is 1. The minimum atomic E-state index is -0.281. The van der Waals surface area contributed by atoms with Crippen LogP contribution in [0.25, 0.3) is 10.9 Å². The molecule has 0 radical (unpaired) electrons. The summed E-state index contributed by atoms with van der Waals surface area (Å²) in [6.45, 7) is 4.21. The maximum Gasteiger partial charge on any atom is 0.275 e. The third-order valence-corrected chi connectivity index (χ3v) is 5.02. The molecule has 29 heavy (non-hydrogen) atoms. The number of hydrogen-bond acceptors (Lipinski definition) is 2. The quantitative estimate of drug-likeness (QED) is 0.499. The molecule has 5 nitrogen and oxygen atoms in total. The lowest BCUT2D eigenvalue weighted by molar-refractivity contribution is 0.0972. The zero-order valence-electron chi connectivity index (χ0n) is 16.7. The van der Waals surface area contributed by atoms with E-state index < -0.39 is 0 Å². The Bertz CT molecular complexity index is 1170. The number of carbonyl (C=O) groups is 1. The van der Waals surface area contributed by atoms with Gasteiger partial charge in [0.05, 0.1) is 18.4 Å². The Labute approximate surface area is 169 Å². The lowest BCUT2D eigenvalue weighted by atomic mass is 10.2. The number of anilines is 1. The second-order valence-electron chi connectivity index (χ2n) is 7.41. The van der Waals surface area contributed by atoms with E-state index >= 15 is 0 Å². The number of hydrogen-bond donors (Lipinski definition) is 0. The van der Waals surface area contributed by atoms with Gasteiger partial charge in [0.1, 0.15) is 11.5 Å². The first-order valence-corrected chi connectivity index (χ1v) is 9.59. The molecule has 4 aromatic rings. The van der Waals surface area contributed by atoms with E-state index in [4.69, 9.17) is 0 Å². The number of benzene rings is 2. The van der Waals surface area contributed by atoms with E-state index in [1.54, 1.807) is 27.9 Å². The molecule has 0 bridgehead atoms. The molecule has 0 aliphatic heterocycles. The monoisotopic (exact) mass is 390 g/mol. The molecule has 0 aliphatic carbocycles. The minimum absolute atomic E-state index is 0.0633. The molecule has 1 amide bonds. The Kier molecular flexibility index (Phi) is 4.92. The van der Waals surface area contributed by atoms with Gasteiger partial charge in [-0.1, -0.05) is 36.4 Å². The van der Waals surface area contributed by atoms with Gasteiger partial charge >= 0.3 is 0 Å². The Morgan fingerprint density at radius 3 is 2.55 bits per heavy atom. The molecule has 0 saturated heterocycles. The second-order valence-corrected chi connectivity index (χ2v) is 7.41. The first-order valence-electron chi connectivity index (χ1n) is 9.59. The number of fused-ring (bicyclic) bond motifs is 1. The van der Waals surface area contributed by atoms with Gasteiger partial charge in [0.2, 0.25) is 0 Å². The molecule has 0 aliphatic rings. The van der Waals surface area contributed by atoms with Crippen molar-refractivity contribution in [1.82, 2.24) is 14.3 Å². The fraction of sp³-hybridized carbons (Fsp3) is 0.217. The molecule has 0 saturated carbocycles. The Hall–Kier alpha value is -3.41. The van der Waals surface area contributed by atoms with Crippen LogP contribution in [0.1, 0.15) is 29.9 Å². The Morgan fingerprint density at radius 2 is 1.86 bits per heavy atom. The number of nitrogens with zero attached hydrogens (tertiary/aromatic N) is 4. The summed E-state index contributed by atoms with van der Waals surface area (Å²) in [5, 5.41) is 5.15. The molecule has 0 N–H and O–H groups in total. The maximum absolute atomic E-state index is 14.3. The van der Waals surface area contributed by atoms with E-state index in [9.17, 15) is 9.18 Å². The van der Waals surface area contributed by atoms with Crippen LogP contribution in [-0.2, 0) is 13.6 Å². The minimum Gasteiger partial charge on any atom is -0.332 e. The van der Waals surface area contributed by atoms with Crippen molar-refractivity contribution >= 4 is 22.5 Å². The predicted molar refractivity (Wildman–Crippen MR) is 113 cm³/mol. The normalized spacial score (nSPS) is 11.3. The molecule has 2 aromatic heterocycles. The molecule has 6 heteroatoms. The zero-order valence-corrected chi connectivity index (χ0v) is 16.7. The standard InChI is InChI=1S/C23H23FN4O/c1-16(2)28(19-13-25-26(3)15-19)23(29)22-12-17-8-5-7-11-21(17)27(22)14-18-9-4-6-10-20(18)24/h4-13,15-16H,14H2,1-3H3. The Balaban J connectivity index is 1.84. The van der Waals surface area contributed by atoms with Crippen LogP contribution in [0.3, 0.4) is 0 Å². The molecular formula is C23H23FN4O. The van der Waals surface area contributed by atoms with Gasteiger partial charge in [0, 0.05) is 35.8 Å². The average Bonchev–Trinajstić information content (AvgIpc) is 3.27.